The van der Waals surface area contributed by atoms with Gasteiger partial charge in [0.25, 0.3) is 5.91 Å². The number of carbonyl (C=O) groups is 1. The molecule has 5 heteroatoms. The van der Waals surface area contributed by atoms with Gasteiger partial charge in [-0.1, -0.05) is 23.7 Å². The molecule has 1 saturated heterocycles. The highest BCUT2D eigenvalue weighted by Gasteiger charge is 2.34. The first-order valence-corrected chi connectivity index (χ1v) is 9.94. The van der Waals surface area contributed by atoms with Gasteiger partial charge in [-0.25, -0.2) is 0 Å². The zero-order valence-electron chi connectivity index (χ0n) is 16.3. The van der Waals surface area contributed by atoms with Crippen LogP contribution in [0.15, 0.2) is 47.0 Å². The third kappa shape index (κ3) is 3.45. The molecule has 2 aliphatic heterocycles. The molecule has 0 aliphatic carbocycles. The normalized spacial score (nSPS) is 19.0. The molecule has 2 aromatic carbocycles. The summed E-state index contributed by atoms with van der Waals surface area (Å²) in [6.45, 7) is 6.69. The largest absolute Gasteiger partial charge is 0.493 e. The van der Waals surface area contributed by atoms with Crippen molar-refractivity contribution in [1.29, 1.82) is 0 Å². The van der Waals surface area contributed by atoms with E-state index in [0.29, 0.717) is 11.4 Å². The molecule has 28 heavy (non-hydrogen) atoms. The van der Waals surface area contributed by atoms with E-state index in [9.17, 15) is 4.79 Å². The van der Waals surface area contributed by atoms with Crippen LogP contribution < -0.4 is 9.64 Å². The summed E-state index contributed by atoms with van der Waals surface area (Å²) < 4.78 is 5.58. The first-order chi connectivity index (χ1) is 13.4. The fourth-order valence-electron chi connectivity index (χ4n) is 3.68. The summed E-state index contributed by atoms with van der Waals surface area (Å²) in [7, 11) is 0. The van der Waals surface area contributed by atoms with Crippen molar-refractivity contribution in [1.82, 2.24) is 0 Å². The summed E-state index contributed by atoms with van der Waals surface area (Å²) in [6.07, 6.45) is 3.39. The molecule has 1 fully saturated rings. The monoisotopic (exact) mass is 394 g/mol. The molecule has 0 saturated carbocycles. The van der Waals surface area contributed by atoms with Gasteiger partial charge in [0.05, 0.1) is 12.3 Å². The highest BCUT2D eigenvalue weighted by molar-refractivity contribution is 6.34. The molecule has 2 heterocycles. The lowest BCUT2D eigenvalue weighted by atomic mass is 10.1. The Labute approximate surface area is 170 Å². The van der Waals surface area contributed by atoms with E-state index in [1.165, 1.54) is 5.56 Å². The van der Waals surface area contributed by atoms with Gasteiger partial charge in [0.1, 0.15) is 11.6 Å². The Kier molecular flexibility index (Phi) is 4.98. The molecule has 1 amide bonds. The summed E-state index contributed by atoms with van der Waals surface area (Å²) >= 11 is 6.31. The summed E-state index contributed by atoms with van der Waals surface area (Å²) in [6, 6.07) is 11.8. The average molecular weight is 395 g/mol. The predicted molar refractivity (Wildman–Crippen MR) is 114 cm³/mol. The number of anilines is 1. The average Bonchev–Trinajstić information content (AvgIpc) is 3.22. The van der Waals surface area contributed by atoms with Crippen LogP contribution in [0.3, 0.4) is 0 Å². The van der Waals surface area contributed by atoms with Gasteiger partial charge in [-0.05, 0) is 67.8 Å². The van der Waals surface area contributed by atoms with E-state index in [1.54, 1.807) is 4.90 Å². The predicted octanol–water partition coefficient (Wildman–Crippen LogP) is 5.21. The zero-order valence-corrected chi connectivity index (χ0v) is 17.1. The smallest absolute Gasteiger partial charge is 0.260 e. The second-order valence-electron chi connectivity index (χ2n) is 7.48. The third-order valence-corrected chi connectivity index (χ3v) is 5.44. The van der Waals surface area contributed by atoms with Gasteiger partial charge in [0.2, 0.25) is 0 Å². The lowest BCUT2D eigenvalue weighted by Gasteiger charge is -2.20. The molecule has 2 aromatic rings. The van der Waals surface area contributed by atoms with Crippen molar-refractivity contribution >= 4 is 35.1 Å². The van der Waals surface area contributed by atoms with E-state index in [1.807, 2.05) is 57.2 Å². The molecule has 0 unspecified atom stereocenters. The van der Waals surface area contributed by atoms with Crippen LogP contribution in [0.1, 0.15) is 37.0 Å². The van der Waals surface area contributed by atoms with Crippen molar-refractivity contribution in [3.63, 3.8) is 0 Å². The van der Waals surface area contributed by atoms with Gasteiger partial charge in [0.15, 0.2) is 0 Å². The number of halogens is 1. The SMILES string of the molecule is Cc1c(Cl)cccc1N1C(=O)/C(=C/c2ccc3c(c2)CCO3)CC1=NC(C)C. The molecule has 4 rings (SSSR count). The number of nitrogens with zero attached hydrogens (tertiary/aromatic N) is 2. The van der Waals surface area contributed by atoms with E-state index in [0.717, 1.165) is 47.0 Å². The number of amides is 1. The van der Waals surface area contributed by atoms with Gasteiger partial charge in [-0.15, -0.1) is 0 Å². The number of rotatable bonds is 3. The van der Waals surface area contributed by atoms with Crippen LogP contribution in [-0.4, -0.2) is 24.4 Å². The molecule has 0 radical (unpaired) electrons. The van der Waals surface area contributed by atoms with E-state index < -0.39 is 0 Å². The number of carbonyl (C=O) groups excluding carboxylic acids is 1. The third-order valence-electron chi connectivity index (χ3n) is 5.03. The lowest BCUT2D eigenvalue weighted by molar-refractivity contribution is -0.113. The summed E-state index contributed by atoms with van der Waals surface area (Å²) in [4.78, 5) is 19.7. The van der Waals surface area contributed by atoms with Crippen molar-refractivity contribution in [2.75, 3.05) is 11.5 Å². The van der Waals surface area contributed by atoms with Gasteiger partial charge in [-0.2, -0.15) is 0 Å². The summed E-state index contributed by atoms with van der Waals surface area (Å²) in [5.41, 5.74) is 4.62. The first kappa shape index (κ1) is 18.8. The van der Waals surface area contributed by atoms with E-state index in [2.05, 4.69) is 6.07 Å². The Morgan fingerprint density at radius 1 is 1.25 bits per heavy atom. The van der Waals surface area contributed by atoms with Crippen molar-refractivity contribution in [3.8, 4) is 5.75 Å². The van der Waals surface area contributed by atoms with Crippen LogP contribution in [0.4, 0.5) is 5.69 Å². The maximum Gasteiger partial charge on any atom is 0.260 e. The number of aliphatic imine (C=N–C) groups is 1. The van der Waals surface area contributed by atoms with Crippen molar-refractivity contribution < 1.29 is 9.53 Å². The minimum absolute atomic E-state index is 0.0403. The summed E-state index contributed by atoms with van der Waals surface area (Å²) in [5.74, 6) is 1.67. The minimum atomic E-state index is -0.0403. The Hall–Kier alpha value is -2.59. The number of hydrogen-bond donors (Lipinski definition) is 0. The number of amidine groups is 1. The van der Waals surface area contributed by atoms with Crippen LogP contribution in [-0.2, 0) is 11.2 Å². The second-order valence-corrected chi connectivity index (χ2v) is 7.88. The van der Waals surface area contributed by atoms with Gasteiger partial charge >= 0.3 is 0 Å². The molecule has 4 nitrogen and oxygen atoms in total. The number of ether oxygens (including phenoxy) is 1. The maximum atomic E-state index is 13.3. The quantitative estimate of drug-likeness (QED) is 0.670. The molecule has 0 spiro atoms. The Balaban J connectivity index is 1.75. The van der Waals surface area contributed by atoms with Gasteiger partial charge in [-0.3, -0.25) is 14.7 Å². The molecule has 144 valence electrons. The van der Waals surface area contributed by atoms with Crippen LogP contribution in [0, 0.1) is 6.92 Å². The number of benzene rings is 2. The molecule has 0 aromatic heterocycles. The fourth-order valence-corrected chi connectivity index (χ4v) is 3.85. The standard InChI is InChI=1S/C23H23ClN2O2/c1-14(2)25-22-13-18(12-16-7-8-21-17(11-16)9-10-28-21)23(27)26(22)20-6-4-5-19(24)15(20)3/h4-8,11-12,14H,9-10,13H2,1-3H3/b18-12+,25-22?. The van der Waals surface area contributed by atoms with E-state index >= 15 is 0 Å². The van der Waals surface area contributed by atoms with Crippen LogP contribution in [0.5, 0.6) is 5.75 Å². The highest BCUT2D eigenvalue weighted by Crippen LogP contribution is 2.34. The fraction of sp³-hybridized carbons (Fsp3) is 0.304. The van der Waals surface area contributed by atoms with E-state index in [4.69, 9.17) is 21.3 Å². The molecular weight excluding hydrogens is 372 g/mol. The van der Waals surface area contributed by atoms with Crippen molar-refractivity contribution in [3.05, 3.63) is 63.7 Å². The first-order valence-electron chi connectivity index (χ1n) is 9.56. The molecule has 0 atom stereocenters. The molecule has 0 N–H and O–H groups in total. The molecule has 0 bridgehead atoms. The van der Waals surface area contributed by atoms with Gasteiger partial charge in [0, 0.05) is 29.5 Å². The van der Waals surface area contributed by atoms with Crippen molar-refractivity contribution in [2.24, 2.45) is 4.99 Å². The number of hydrogen-bond acceptors (Lipinski definition) is 3. The van der Waals surface area contributed by atoms with Crippen LogP contribution in [0.2, 0.25) is 5.02 Å². The maximum absolute atomic E-state index is 13.3. The topological polar surface area (TPSA) is 41.9 Å². The Morgan fingerprint density at radius 3 is 2.86 bits per heavy atom. The zero-order chi connectivity index (χ0) is 19.8. The lowest BCUT2D eigenvalue weighted by Crippen LogP contribution is -2.30. The highest BCUT2D eigenvalue weighted by atomic mass is 35.5. The number of fused-ring (bicyclic) bond motifs is 1. The molecular formula is C23H23ClN2O2. The molecule has 2 aliphatic rings. The van der Waals surface area contributed by atoms with Crippen molar-refractivity contribution in [2.45, 2.75) is 39.7 Å². The van der Waals surface area contributed by atoms with Gasteiger partial charge < -0.3 is 4.74 Å². The second kappa shape index (κ2) is 7.44. The summed E-state index contributed by atoms with van der Waals surface area (Å²) in [5, 5.41) is 0.644. The van der Waals surface area contributed by atoms with Crippen LogP contribution >= 0.6 is 11.6 Å². The van der Waals surface area contributed by atoms with Crippen LogP contribution in [0.25, 0.3) is 6.08 Å². The minimum Gasteiger partial charge on any atom is -0.493 e. The Morgan fingerprint density at radius 2 is 2.07 bits per heavy atom. The van der Waals surface area contributed by atoms with E-state index in [-0.39, 0.29) is 11.9 Å². The Bertz CT molecular complexity index is 1010.